The molecule has 0 saturated carbocycles. The number of aromatic hydroxyl groups is 2. The summed E-state index contributed by atoms with van der Waals surface area (Å²) in [6, 6.07) is 6.88. The van der Waals surface area contributed by atoms with E-state index in [2.05, 4.69) is 10.2 Å². The van der Waals surface area contributed by atoms with E-state index in [4.69, 9.17) is 0 Å². The molecule has 146 valence electrons. The molecule has 0 heterocycles. The minimum absolute atomic E-state index is 0.0433. The summed E-state index contributed by atoms with van der Waals surface area (Å²) in [4.78, 5) is 40.3. The number of benzene rings is 2. The lowest BCUT2D eigenvalue weighted by Gasteiger charge is -2.22. The molecule has 0 spiro atoms. The largest absolute Gasteiger partial charge is 0.507 e. The molecule has 2 aromatic rings. The standard InChI is InChI=1S/C21H22N2O5/c1-3-23(4-2)11-10-16(26)22-13-8-9-15(25)19-18(13)20(27)12-6-5-7-14(24)17(12)21(19)28/h5-9,24-25H,3-4,10-11H2,1-2H3,(H,22,26). The van der Waals surface area contributed by atoms with Crippen LogP contribution in [0.2, 0.25) is 0 Å². The first-order chi connectivity index (χ1) is 13.4. The van der Waals surface area contributed by atoms with Gasteiger partial charge in [0.1, 0.15) is 11.5 Å². The van der Waals surface area contributed by atoms with Gasteiger partial charge in [-0.05, 0) is 31.3 Å². The van der Waals surface area contributed by atoms with E-state index < -0.39 is 11.6 Å². The van der Waals surface area contributed by atoms with Crippen molar-refractivity contribution in [2.45, 2.75) is 20.3 Å². The van der Waals surface area contributed by atoms with Crippen LogP contribution in [-0.4, -0.2) is 52.2 Å². The van der Waals surface area contributed by atoms with Crippen LogP contribution >= 0.6 is 0 Å². The highest BCUT2D eigenvalue weighted by Crippen LogP contribution is 2.39. The van der Waals surface area contributed by atoms with Gasteiger partial charge in [0.2, 0.25) is 11.7 Å². The Labute approximate surface area is 162 Å². The maximum absolute atomic E-state index is 13.0. The van der Waals surface area contributed by atoms with E-state index >= 15 is 0 Å². The number of amides is 1. The molecule has 7 heteroatoms. The second-order valence-corrected chi connectivity index (χ2v) is 6.57. The topological polar surface area (TPSA) is 107 Å². The quantitative estimate of drug-likeness (QED) is 0.566. The number of ketones is 2. The molecular formula is C21H22N2O5. The third-order valence-electron chi connectivity index (χ3n) is 4.98. The number of carbonyl (C=O) groups is 3. The molecular weight excluding hydrogens is 360 g/mol. The Balaban J connectivity index is 1.96. The summed E-state index contributed by atoms with van der Waals surface area (Å²) in [6.07, 6.45) is 0.233. The summed E-state index contributed by atoms with van der Waals surface area (Å²) in [6.45, 7) is 6.24. The number of hydrogen-bond acceptors (Lipinski definition) is 6. The van der Waals surface area contributed by atoms with Crippen LogP contribution < -0.4 is 5.32 Å². The first-order valence-corrected chi connectivity index (χ1v) is 9.18. The molecule has 7 nitrogen and oxygen atoms in total. The minimum Gasteiger partial charge on any atom is -0.507 e. The lowest BCUT2D eigenvalue weighted by Crippen LogP contribution is -2.28. The fourth-order valence-electron chi connectivity index (χ4n) is 3.40. The van der Waals surface area contributed by atoms with Crippen molar-refractivity contribution >= 4 is 23.2 Å². The van der Waals surface area contributed by atoms with Crippen molar-refractivity contribution < 1.29 is 24.6 Å². The molecule has 2 aromatic carbocycles. The number of nitrogens with one attached hydrogen (secondary N) is 1. The Morgan fingerprint density at radius 2 is 1.61 bits per heavy atom. The summed E-state index contributed by atoms with van der Waals surface area (Å²) in [5.41, 5.74) is -0.188. The molecule has 0 aromatic heterocycles. The number of hydrogen-bond donors (Lipinski definition) is 3. The van der Waals surface area contributed by atoms with Crippen LogP contribution in [0.15, 0.2) is 30.3 Å². The van der Waals surface area contributed by atoms with Crippen LogP contribution in [0.25, 0.3) is 0 Å². The first kappa shape index (κ1) is 19.6. The monoisotopic (exact) mass is 382 g/mol. The third kappa shape index (κ3) is 3.36. The molecule has 3 rings (SSSR count). The van der Waals surface area contributed by atoms with Gasteiger partial charge >= 0.3 is 0 Å². The molecule has 28 heavy (non-hydrogen) atoms. The Bertz CT molecular complexity index is 964. The zero-order valence-corrected chi connectivity index (χ0v) is 15.8. The molecule has 0 saturated heterocycles. The van der Waals surface area contributed by atoms with E-state index in [9.17, 15) is 24.6 Å². The van der Waals surface area contributed by atoms with Crippen molar-refractivity contribution in [2.75, 3.05) is 25.0 Å². The van der Waals surface area contributed by atoms with Gasteiger partial charge in [-0.25, -0.2) is 0 Å². The van der Waals surface area contributed by atoms with Gasteiger partial charge in [-0.15, -0.1) is 0 Å². The zero-order chi connectivity index (χ0) is 20.4. The van der Waals surface area contributed by atoms with E-state index in [1.807, 2.05) is 13.8 Å². The number of fused-ring (bicyclic) bond motifs is 2. The molecule has 1 amide bonds. The maximum atomic E-state index is 13.0. The number of phenolic OH excluding ortho intramolecular Hbond substituents is 2. The average molecular weight is 382 g/mol. The molecule has 0 radical (unpaired) electrons. The minimum atomic E-state index is -0.653. The highest BCUT2D eigenvalue weighted by molar-refractivity contribution is 6.32. The normalized spacial score (nSPS) is 12.7. The molecule has 0 fully saturated rings. The molecule has 1 aliphatic carbocycles. The summed E-state index contributed by atoms with van der Waals surface area (Å²) in [5, 5.41) is 22.9. The van der Waals surface area contributed by atoms with Gasteiger partial charge in [0.15, 0.2) is 5.78 Å². The predicted octanol–water partition coefficient (Wildman–Crippen LogP) is 2.54. The van der Waals surface area contributed by atoms with Gasteiger partial charge in [0, 0.05) is 18.5 Å². The van der Waals surface area contributed by atoms with Gasteiger partial charge in [-0.1, -0.05) is 26.0 Å². The molecule has 0 unspecified atom stereocenters. The van der Waals surface area contributed by atoms with Crippen LogP contribution in [-0.2, 0) is 4.79 Å². The van der Waals surface area contributed by atoms with Gasteiger partial charge in [0.05, 0.1) is 22.4 Å². The SMILES string of the molecule is CCN(CC)CCC(=O)Nc1ccc(O)c2c1C(=O)c1cccc(O)c1C2=O. The van der Waals surface area contributed by atoms with Crippen molar-refractivity contribution in [1.29, 1.82) is 0 Å². The Kier molecular flexibility index (Phi) is 5.46. The summed E-state index contributed by atoms with van der Waals surface area (Å²) in [7, 11) is 0. The lowest BCUT2D eigenvalue weighted by molar-refractivity contribution is -0.116. The van der Waals surface area contributed by atoms with E-state index in [1.54, 1.807) is 0 Å². The van der Waals surface area contributed by atoms with Gasteiger partial charge in [-0.3, -0.25) is 14.4 Å². The molecule has 0 aliphatic heterocycles. The van der Waals surface area contributed by atoms with Crippen LogP contribution in [0.1, 0.15) is 52.1 Å². The van der Waals surface area contributed by atoms with Crippen molar-refractivity contribution in [3.05, 3.63) is 52.6 Å². The summed E-state index contributed by atoms with van der Waals surface area (Å²) < 4.78 is 0. The van der Waals surface area contributed by atoms with Crippen molar-refractivity contribution in [3.8, 4) is 11.5 Å². The fraction of sp³-hybridized carbons (Fsp3) is 0.286. The second-order valence-electron chi connectivity index (χ2n) is 6.57. The van der Waals surface area contributed by atoms with Crippen molar-refractivity contribution in [1.82, 2.24) is 4.90 Å². The fourth-order valence-corrected chi connectivity index (χ4v) is 3.40. The number of anilines is 1. The van der Waals surface area contributed by atoms with E-state index in [1.165, 1.54) is 30.3 Å². The maximum Gasteiger partial charge on any atom is 0.225 e. The van der Waals surface area contributed by atoms with Gasteiger partial charge in [-0.2, -0.15) is 0 Å². The van der Waals surface area contributed by atoms with Crippen molar-refractivity contribution in [3.63, 3.8) is 0 Å². The van der Waals surface area contributed by atoms with E-state index in [-0.39, 0.29) is 51.8 Å². The van der Waals surface area contributed by atoms with Gasteiger partial charge in [0.25, 0.3) is 0 Å². The number of nitrogens with zero attached hydrogens (tertiary/aromatic N) is 1. The lowest BCUT2D eigenvalue weighted by atomic mass is 9.82. The average Bonchev–Trinajstić information content (AvgIpc) is 2.68. The van der Waals surface area contributed by atoms with E-state index in [0.29, 0.717) is 6.54 Å². The van der Waals surface area contributed by atoms with Crippen LogP contribution in [0, 0.1) is 0 Å². The number of rotatable bonds is 6. The smallest absolute Gasteiger partial charge is 0.225 e. The number of carbonyl (C=O) groups excluding carboxylic acids is 3. The summed E-state index contributed by atoms with van der Waals surface area (Å²) in [5.74, 6) is -2.17. The molecule has 3 N–H and O–H groups in total. The Morgan fingerprint density at radius 1 is 0.929 bits per heavy atom. The van der Waals surface area contributed by atoms with Crippen LogP contribution in [0.5, 0.6) is 11.5 Å². The van der Waals surface area contributed by atoms with Crippen molar-refractivity contribution in [2.24, 2.45) is 0 Å². The summed E-state index contributed by atoms with van der Waals surface area (Å²) >= 11 is 0. The van der Waals surface area contributed by atoms with Crippen LogP contribution in [0.3, 0.4) is 0 Å². The Morgan fingerprint density at radius 3 is 2.29 bits per heavy atom. The van der Waals surface area contributed by atoms with E-state index in [0.717, 1.165) is 13.1 Å². The second kappa shape index (κ2) is 7.82. The van der Waals surface area contributed by atoms with Gasteiger partial charge < -0.3 is 20.4 Å². The highest BCUT2D eigenvalue weighted by Gasteiger charge is 2.36. The molecule has 0 atom stereocenters. The first-order valence-electron chi connectivity index (χ1n) is 9.18. The molecule has 1 aliphatic rings. The third-order valence-corrected chi connectivity index (χ3v) is 4.98. The zero-order valence-electron chi connectivity index (χ0n) is 15.8. The molecule has 0 bridgehead atoms. The Hall–Kier alpha value is -3.19. The number of phenols is 2. The predicted molar refractivity (Wildman–Crippen MR) is 104 cm³/mol. The van der Waals surface area contributed by atoms with Crippen LogP contribution in [0.4, 0.5) is 5.69 Å². The highest BCUT2D eigenvalue weighted by atomic mass is 16.3.